The fourth-order valence-electron chi connectivity index (χ4n) is 2.65. The molecule has 0 saturated carbocycles. The number of nitrogens with one attached hydrogen (secondary N) is 1. The first-order valence-electron chi connectivity index (χ1n) is 7.08. The van der Waals surface area contributed by atoms with E-state index in [-0.39, 0.29) is 5.25 Å². The van der Waals surface area contributed by atoms with Crippen LogP contribution in [0.2, 0.25) is 0 Å². The fourth-order valence-corrected chi connectivity index (χ4v) is 5.83. The lowest BCUT2D eigenvalue weighted by atomic mass is 10.1. The topological polar surface area (TPSA) is 20.7 Å². The lowest BCUT2D eigenvalue weighted by Gasteiger charge is -2.23. The first kappa shape index (κ1) is 15.2. The van der Waals surface area contributed by atoms with Gasteiger partial charge in [0.1, 0.15) is 8.55 Å². The second kappa shape index (κ2) is 6.28. The van der Waals surface area contributed by atoms with Gasteiger partial charge in [0.15, 0.2) is 4.77 Å². The molecule has 0 spiro atoms. The van der Waals surface area contributed by atoms with Crippen molar-refractivity contribution >= 4 is 51.5 Å². The van der Waals surface area contributed by atoms with Crippen LogP contribution in [0.4, 0.5) is 0 Å². The van der Waals surface area contributed by atoms with Gasteiger partial charge in [-0.15, -0.1) is 0 Å². The standard InChI is InChI=1S/C17H12N2S4/c20-16-18-13-14(11-7-3-1-4-8-11)22-17(21)23-15(13)19(16)12-9-5-2-6-10-12/h1-10,14H,(H,18,20). The van der Waals surface area contributed by atoms with E-state index < -0.39 is 0 Å². The van der Waals surface area contributed by atoms with Crippen LogP contribution in [0.25, 0.3) is 5.69 Å². The zero-order valence-corrected chi connectivity index (χ0v) is 15.2. The van der Waals surface area contributed by atoms with Gasteiger partial charge in [-0.05, 0) is 29.9 Å². The van der Waals surface area contributed by atoms with Gasteiger partial charge in [0.25, 0.3) is 0 Å². The Morgan fingerprint density at radius 2 is 1.57 bits per heavy atom. The van der Waals surface area contributed by atoms with Crippen LogP contribution in [0.1, 0.15) is 16.5 Å². The van der Waals surface area contributed by atoms with Gasteiger partial charge in [-0.1, -0.05) is 84.3 Å². The highest BCUT2D eigenvalue weighted by Crippen LogP contribution is 2.49. The lowest BCUT2D eigenvalue weighted by molar-refractivity contribution is 0.916. The third kappa shape index (κ3) is 2.80. The molecule has 0 saturated heterocycles. The Bertz CT molecular complexity index is 913. The number of thioether (sulfide) groups is 2. The highest BCUT2D eigenvalue weighted by molar-refractivity contribution is 8.47. The molecule has 0 amide bonds. The van der Waals surface area contributed by atoms with Crippen LogP contribution in [0.15, 0.2) is 65.7 Å². The van der Waals surface area contributed by atoms with Crippen LogP contribution >= 0.6 is 48.0 Å². The number of para-hydroxylation sites is 1. The summed E-state index contributed by atoms with van der Waals surface area (Å²) in [6.45, 7) is 0. The number of H-pyrrole nitrogens is 1. The number of imidazole rings is 1. The van der Waals surface area contributed by atoms with Crippen LogP contribution in [0.5, 0.6) is 0 Å². The molecule has 0 fully saturated rings. The fraction of sp³-hybridized carbons (Fsp3) is 0.0588. The molecule has 0 bridgehead atoms. The van der Waals surface area contributed by atoms with Crippen LogP contribution < -0.4 is 0 Å². The average Bonchev–Trinajstić information content (AvgIpc) is 2.91. The summed E-state index contributed by atoms with van der Waals surface area (Å²) in [5.74, 6) is 0. The molecule has 1 unspecified atom stereocenters. The predicted molar refractivity (Wildman–Crippen MR) is 105 cm³/mol. The van der Waals surface area contributed by atoms with Gasteiger partial charge in [0, 0.05) is 5.69 Å². The van der Waals surface area contributed by atoms with Crippen LogP contribution in [0.3, 0.4) is 0 Å². The number of hydrogen-bond acceptors (Lipinski definition) is 4. The number of hydrogen-bond donors (Lipinski definition) is 1. The predicted octanol–water partition coefficient (Wildman–Crippen LogP) is 5.75. The molecule has 4 rings (SSSR count). The summed E-state index contributed by atoms with van der Waals surface area (Å²) in [6, 6.07) is 20.6. The number of aromatic nitrogens is 2. The van der Waals surface area contributed by atoms with E-state index in [2.05, 4.69) is 45.9 Å². The molecular formula is C17H12N2S4. The van der Waals surface area contributed by atoms with E-state index in [1.54, 1.807) is 23.5 Å². The molecule has 3 aromatic rings. The summed E-state index contributed by atoms with van der Waals surface area (Å²) >= 11 is 14.4. The molecule has 1 aliphatic rings. The SMILES string of the molecule is S=C1Sc2c([nH]c(=S)n2-c2ccccc2)C(c2ccccc2)S1. The third-order valence-electron chi connectivity index (χ3n) is 3.65. The van der Waals surface area contributed by atoms with E-state index in [1.807, 2.05) is 24.3 Å². The van der Waals surface area contributed by atoms with Crippen molar-refractivity contribution in [2.24, 2.45) is 0 Å². The van der Waals surface area contributed by atoms with Crippen molar-refractivity contribution < 1.29 is 0 Å². The minimum Gasteiger partial charge on any atom is -0.332 e. The molecule has 6 heteroatoms. The molecule has 1 atom stereocenters. The average molecular weight is 373 g/mol. The number of benzene rings is 2. The summed E-state index contributed by atoms with van der Waals surface area (Å²) in [5, 5.41) is 1.26. The second-order valence-corrected chi connectivity index (χ2v) is 8.77. The Labute approximate surface area is 153 Å². The summed E-state index contributed by atoms with van der Waals surface area (Å²) in [5.41, 5.74) is 3.43. The minimum absolute atomic E-state index is 0.159. The van der Waals surface area contributed by atoms with E-state index in [4.69, 9.17) is 24.4 Å². The maximum absolute atomic E-state index is 5.59. The van der Waals surface area contributed by atoms with Gasteiger partial charge in [-0.25, -0.2) is 0 Å². The molecule has 0 radical (unpaired) electrons. The summed E-state index contributed by atoms with van der Waals surface area (Å²) in [6.07, 6.45) is 0. The van der Waals surface area contributed by atoms with E-state index in [1.165, 1.54) is 5.56 Å². The number of fused-ring (bicyclic) bond motifs is 1. The molecule has 23 heavy (non-hydrogen) atoms. The second-order valence-electron chi connectivity index (χ2n) is 5.08. The van der Waals surface area contributed by atoms with E-state index >= 15 is 0 Å². The van der Waals surface area contributed by atoms with Crippen molar-refractivity contribution in [2.45, 2.75) is 10.3 Å². The monoisotopic (exact) mass is 372 g/mol. The number of rotatable bonds is 2. The van der Waals surface area contributed by atoms with E-state index in [0.717, 1.165) is 19.9 Å². The largest absolute Gasteiger partial charge is 0.332 e. The highest BCUT2D eigenvalue weighted by atomic mass is 32.2. The Hall–Kier alpha value is -1.34. The molecule has 114 valence electrons. The zero-order valence-electron chi connectivity index (χ0n) is 11.9. The molecule has 1 aromatic heterocycles. The molecular weight excluding hydrogens is 360 g/mol. The molecule has 2 nitrogen and oxygen atoms in total. The van der Waals surface area contributed by atoms with Crippen LogP contribution in [-0.2, 0) is 0 Å². The Balaban J connectivity index is 1.91. The first-order valence-corrected chi connectivity index (χ1v) is 9.59. The summed E-state index contributed by atoms with van der Waals surface area (Å²) in [4.78, 5) is 3.41. The molecule has 1 N–H and O–H groups in total. The first-order chi connectivity index (χ1) is 11.2. The number of nitrogens with zero attached hydrogens (tertiary/aromatic N) is 1. The van der Waals surface area contributed by atoms with Gasteiger partial charge in [-0.2, -0.15) is 0 Å². The third-order valence-corrected chi connectivity index (χ3v) is 6.71. The molecule has 0 aliphatic carbocycles. The Morgan fingerprint density at radius 3 is 2.26 bits per heavy atom. The van der Waals surface area contributed by atoms with E-state index in [0.29, 0.717) is 4.77 Å². The van der Waals surface area contributed by atoms with Gasteiger partial charge < -0.3 is 4.98 Å². The maximum Gasteiger partial charge on any atom is 0.182 e. The molecule has 1 aliphatic heterocycles. The van der Waals surface area contributed by atoms with E-state index in [9.17, 15) is 0 Å². The van der Waals surface area contributed by atoms with Crippen LogP contribution in [0, 0.1) is 4.77 Å². The molecule has 2 heterocycles. The van der Waals surface area contributed by atoms with Crippen molar-refractivity contribution in [1.82, 2.24) is 9.55 Å². The van der Waals surface area contributed by atoms with Gasteiger partial charge >= 0.3 is 0 Å². The smallest absolute Gasteiger partial charge is 0.182 e. The Morgan fingerprint density at radius 1 is 0.913 bits per heavy atom. The maximum atomic E-state index is 5.59. The van der Waals surface area contributed by atoms with Gasteiger partial charge in [0.2, 0.25) is 0 Å². The lowest BCUT2D eigenvalue weighted by Crippen LogP contribution is -2.08. The Kier molecular flexibility index (Phi) is 4.15. The normalized spacial score (nSPS) is 17.0. The zero-order chi connectivity index (χ0) is 15.8. The summed E-state index contributed by atoms with van der Waals surface area (Å²) < 4.78 is 3.71. The van der Waals surface area contributed by atoms with Gasteiger partial charge in [-0.3, -0.25) is 4.57 Å². The summed E-state index contributed by atoms with van der Waals surface area (Å²) in [7, 11) is 0. The van der Waals surface area contributed by atoms with Crippen molar-refractivity contribution in [3.63, 3.8) is 0 Å². The van der Waals surface area contributed by atoms with Crippen molar-refractivity contribution in [3.8, 4) is 5.69 Å². The van der Waals surface area contributed by atoms with Crippen LogP contribution in [-0.4, -0.2) is 13.1 Å². The quantitative estimate of drug-likeness (QED) is 0.578. The minimum atomic E-state index is 0.159. The van der Waals surface area contributed by atoms with Crippen molar-refractivity contribution in [1.29, 1.82) is 0 Å². The highest BCUT2D eigenvalue weighted by Gasteiger charge is 2.30. The van der Waals surface area contributed by atoms with Crippen molar-refractivity contribution in [2.75, 3.05) is 0 Å². The number of aromatic amines is 1. The molecule has 2 aromatic carbocycles. The van der Waals surface area contributed by atoms with Crippen molar-refractivity contribution in [3.05, 3.63) is 76.7 Å². The van der Waals surface area contributed by atoms with Gasteiger partial charge in [0.05, 0.1) is 10.9 Å². The number of thiocarbonyl (C=S) groups is 1.